The van der Waals surface area contributed by atoms with E-state index in [-0.39, 0.29) is 5.75 Å². The fourth-order valence-corrected chi connectivity index (χ4v) is 2.49. The second-order valence-corrected chi connectivity index (χ2v) is 4.12. The van der Waals surface area contributed by atoms with Gasteiger partial charge in [0.2, 0.25) is 0 Å². The Hall–Kier alpha value is -1.65. The number of para-hydroxylation sites is 1. The first-order chi connectivity index (χ1) is 7.52. The maximum Gasteiger partial charge on any atom is 0.402 e. The van der Waals surface area contributed by atoms with Crippen LogP contribution < -0.4 is 4.74 Å². The number of benzene rings is 1. The highest BCUT2D eigenvalue weighted by Gasteiger charge is 2.71. The van der Waals surface area contributed by atoms with Crippen molar-refractivity contribution in [1.82, 2.24) is 0 Å². The average Bonchev–Trinajstić information content (AvgIpc) is 2.93. The van der Waals surface area contributed by atoms with Crippen LogP contribution >= 0.6 is 0 Å². The van der Waals surface area contributed by atoms with Crippen LogP contribution in [0.25, 0.3) is 0 Å². The standard InChI is InChI=1S/C11H8F2O3/c12-11(13)9-7(8(9)10(14)15)5-3-1-2-4-6(5)16-11/h1-4,7-9H,(H,14,15). The third-order valence-electron chi connectivity index (χ3n) is 3.22. The maximum absolute atomic E-state index is 13.4. The SMILES string of the molecule is O=C(O)C1C2c3ccccc3OC(F)(F)C12. The Bertz CT molecular complexity index is 472. The van der Waals surface area contributed by atoms with Crippen LogP contribution in [0, 0.1) is 11.8 Å². The number of carboxylic acids is 1. The molecule has 3 nitrogen and oxygen atoms in total. The van der Waals surface area contributed by atoms with Crippen molar-refractivity contribution in [1.29, 1.82) is 0 Å². The molecule has 84 valence electrons. The lowest BCUT2D eigenvalue weighted by atomic mass is 10.1. The zero-order valence-electron chi connectivity index (χ0n) is 8.06. The largest absolute Gasteiger partial charge is 0.481 e. The Kier molecular flexibility index (Phi) is 1.63. The van der Waals surface area contributed by atoms with Gasteiger partial charge in [-0.25, -0.2) is 0 Å². The van der Waals surface area contributed by atoms with Gasteiger partial charge in [0.25, 0.3) is 0 Å². The lowest BCUT2D eigenvalue weighted by Gasteiger charge is -2.24. The minimum Gasteiger partial charge on any atom is -0.481 e. The summed E-state index contributed by atoms with van der Waals surface area (Å²) in [6.45, 7) is 0. The molecule has 0 bridgehead atoms. The molecule has 3 unspecified atom stereocenters. The van der Waals surface area contributed by atoms with Gasteiger partial charge < -0.3 is 9.84 Å². The van der Waals surface area contributed by atoms with Gasteiger partial charge in [-0.2, -0.15) is 8.78 Å². The molecule has 0 aromatic heterocycles. The maximum atomic E-state index is 13.4. The zero-order valence-corrected chi connectivity index (χ0v) is 8.06. The molecular weight excluding hydrogens is 218 g/mol. The molecule has 0 radical (unpaired) electrons. The summed E-state index contributed by atoms with van der Waals surface area (Å²) in [4.78, 5) is 10.8. The molecule has 3 atom stereocenters. The topological polar surface area (TPSA) is 46.5 Å². The lowest BCUT2D eigenvalue weighted by Crippen LogP contribution is -2.32. The average molecular weight is 226 g/mol. The summed E-state index contributed by atoms with van der Waals surface area (Å²) >= 11 is 0. The highest BCUT2D eigenvalue weighted by atomic mass is 19.3. The van der Waals surface area contributed by atoms with Gasteiger partial charge >= 0.3 is 12.1 Å². The van der Waals surface area contributed by atoms with Crippen LogP contribution in [0.15, 0.2) is 24.3 Å². The Morgan fingerprint density at radius 1 is 1.38 bits per heavy atom. The molecule has 16 heavy (non-hydrogen) atoms. The molecule has 1 fully saturated rings. The van der Waals surface area contributed by atoms with E-state index in [4.69, 9.17) is 5.11 Å². The van der Waals surface area contributed by atoms with Crippen molar-refractivity contribution in [3.63, 3.8) is 0 Å². The van der Waals surface area contributed by atoms with Crippen molar-refractivity contribution >= 4 is 5.97 Å². The fraction of sp³-hybridized carbons (Fsp3) is 0.364. The van der Waals surface area contributed by atoms with Crippen molar-refractivity contribution < 1.29 is 23.4 Å². The molecule has 0 saturated heterocycles. The number of hydrogen-bond acceptors (Lipinski definition) is 2. The van der Waals surface area contributed by atoms with Crippen LogP contribution in [0.2, 0.25) is 0 Å². The van der Waals surface area contributed by atoms with Crippen LogP contribution in [-0.4, -0.2) is 17.2 Å². The first-order valence-electron chi connectivity index (χ1n) is 4.91. The summed E-state index contributed by atoms with van der Waals surface area (Å²) in [6.07, 6.45) is -3.37. The van der Waals surface area contributed by atoms with Gasteiger partial charge in [0.1, 0.15) is 5.75 Å². The number of carboxylic acid groups (broad SMARTS) is 1. The van der Waals surface area contributed by atoms with Gasteiger partial charge in [0.05, 0.1) is 11.8 Å². The Balaban J connectivity index is 2.08. The van der Waals surface area contributed by atoms with E-state index in [1.165, 1.54) is 6.07 Å². The summed E-state index contributed by atoms with van der Waals surface area (Å²) in [7, 11) is 0. The van der Waals surface area contributed by atoms with Crippen molar-refractivity contribution in [2.24, 2.45) is 11.8 Å². The molecule has 3 rings (SSSR count). The van der Waals surface area contributed by atoms with Gasteiger partial charge in [-0.15, -0.1) is 0 Å². The second-order valence-electron chi connectivity index (χ2n) is 4.12. The molecule has 1 heterocycles. The van der Waals surface area contributed by atoms with Gasteiger partial charge in [-0.05, 0) is 11.6 Å². The predicted molar refractivity (Wildman–Crippen MR) is 49.4 cm³/mol. The van der Waals surface area contributed by atoms with Crippen molar-refractivity contribution in [2.75, 3.05) is 0 Å². The summed E-state index contributed by atoms with van der Waals surface area (Å²) in [5.41, 5.74) is 0.575. The number of ether oxygens (including phenoxy) is 1. The van der Waals surface area contributed by atoms with Gasteiger partial charge in [0.15, 0.2) is 0 Å². The Morgan fingerprint density at radius 3 is 2.75 bits per heavy atom. The van der Waals surface area contributed by atoms with Crippen LogP contribution in [-0.2, 0) is 4.79 Å². The monoisotopic (exact) mass is 226 g/mol. The third-order valence-corrected chi connectivity index (χ3v) is 3.22. The number of halogens is 2. The second kappa shape index (κ2) is 2.72. The molecule has 0 spiro atoms. The molecule has 1 aromatic carbocycles. The van der Waals surface area contributed by atoms with E-state index in [0.29, 0.717) is 5.56 Å². The van der Waals surface area contributed by atoms with Crippen LogP contribution in [0.4, 0.5) is 8.78 Å². The number of fused-ring (bicyclic) bond motifs is 3. The van der Waals surface area contributed by atoms with Crippen LogP contribution in [0.3, 0.4) is 0 Å². The minimum absolute atomic E-state index is 0.0949. The van der Waals surface area contributed by atoms with E-state index < -0.39 is 29.8 Å². The highest BCUT2D eigenvalue weighted by Crippen LogP contribution is 2.65. The fourth-order valence-electron chi connectivity index (χ4n) is 2.49. The predicted octanol–water partition coefficient (Wildman–Crippen LogP) is 2.09. The minimum atomic E-state index is -3.37. The molecule has 5 heteroatoms. The molecule has 1 aliphatic carbocycles. The van der Waals surface area contributed by atoms with E-state index in [9.17, 15) is 13.6 Å². The zero-order chi connectivity index (χ0) is 11.5. The normalized spacial score (nSPS) is 33.2. The summed E-state index contributed by atoms with van der Waals surface area (Å²) < 4.78 is 31.4. The Morgan fingerprint density at radius 2 is 2.06 bits per heavy atom. The van der Waals surface area contributed by atoms with Gasteiger partial charge in [0, 0.05) is 5.92 Å². The van der Waals surface area contributed by atoms with E-state index in [2.05, 4.69) is 4.74 Å². The molecule has 1 saturated carbocycles. The van der Waals surface area contributed by atoms with Gasteiger partial charge in [-0.1, -0.05) is 18.2 Å². The first-order valence-corrected chi connectivity index (χ1v) is 4.91. The van der Waals surface area contributed by atoms with Gasteiger partial charge in [-0.3, -0.25) is 4.79 Å². The first kappa shape index (κ1) is 9.57. The quantitative estimate of drug-likeness (QED) is 0.797. The van der Waals surface area contributed by atoms with E-state index >= 15 is 0 Å². The van der Waals surface area contributed by atoms with E-state index in [1.54, 1.807) is 18.2 Å². The summed E-state index contributed by atoms with van der Waals surface area (Å²) in [5, 5.41) is 8.85. The molecule has 1 N–H and O–H groups in total. The highest BCUT2D eigenvalue weighted by molar-refractivity contribution is 5.77. The van der Waals surface area contributed by atoms with Crippen LogP contribution in [0.1, 0.15) is 11.5 Å². The third kappa shape index (κ3) is 1.08. The van der Waals surface area contributed by atoms with Crippen molar-refractivity contribution in [3.8, 4) is 5.75 Å². The number of hydrogen-bond donors (Lipinski definition) is 1. The Labute approximate surface area is 89.6 Å². The number of carbonyl (C=O) groups is 1. The lowest BCUT2D eigenvalue weighted by molar-refractivity contribution is -0.202. The summed E-state index contributed by atoms with van der Waals surface area (Å²) in [5.74, 6) is -3.96. The molecule has 1 aliphatic heterocycles. The summed E-state index contributed by atoms with van der Waals surface area (Å²) in [6, 6.07) is 6.37. The van der Waals surface area contributed by atoms with Crippen LogP contribution in [0.5, 0.6) is 5.75 Å². The molecule has 2 aliphatic rings. The van der Waals surface area contributed by atoms with Crippen molar-refractivity contribution in [2.45, 2.75) is 12.0 Å². The molecule has 0 amide bonds. The number of aliphatic carboxylic acids is 1. The molecular formula is C11H8F2O3. The van der Waals surface area contributed by atoms with Crippen molar-refractivity contribution in [3.05, 3.63) is 29.8 Å². The van der Waals surface area contributed by atoms with E-state index in [0.717, 1.165) is 0 Å². The number of rotatable bonds is 1. The number of alkyl halides is 2. The van der Waals surface area contributed by atoms with E-state index in [1.807, 2.05) is 0 Å². The smallest absolute Gasteiger partial charge is 0.402 e. The molecule has 1 aromatic rings.